The first-order valence-electron chi connectivity index (χ1n) is 9.28. The van der Waals surface area contributed by atoms with Crippen LogP contribution in [0.3, 0.4) is 0 Å². The van der Waals surface area contributed by atoms with Gasteiger partial charge in [0.1, 0.15) is 11.6 Å². The molecule has 1 saturated heterocycles. The number of ether oxygens (including phenoxy) is 3. The molecular weight excluding hydrogens is 378 g/mol. The van der Waals surface area contributed by atoms with Crippen molar-refractivity contribution in [1.82, 2.24) is 14.9 Å². The van der Waals surface area contributed by atoms with Crippen LogP contribution in [0.2, 0.25) is 0 Å². The molecule has 1 aromatic carbocycles. The van der Waals surface area contributed by atoms with Crippen LogP contribution >= 0.6 is 0 Å². The van der Waals surface area contributed by atoms with E-state index in [-0.39, 0.29) is 12.6 Å². The van der Waals surface area contributed by atoms with Crippen molar-refractivity contribution >= 4 is 17.7 Å². The highest BCUT2D eigenvalue weighted by molar-refractivity contribution is 5.68. The van der Waals surface area contributed by atoms with Crippen molar-refractivity contribution in [2.75, 3.05) is 44.4 Å². The highest BCUT2D eigenvalue weighted by Gasteiger charge is 2.44. The largest absolute Gasteiger partial charge is 0.482 e. The van der Waals surface area contributed by atoms with Crippen molar-refractivity contribution in [2.24, 2.45) is 0 Å². The van der Waals surface area contributed by atoms with Crippen molar-refractivity contribution in [3.63, 3.8) is 0 Å². The number of aliphatic carboxylic acids is 1. The lowest BCUT2D eigenvalue weighted by Crippen LogP contribution is -2.48. The number of fused-ring (bicyclic) bond motifs is 1. The Hall–Kier alpha value is -3.11. The minimum absolute atomic E-state index is 0.0780. The highest BCUT2D eigenvalue weighted by Crippen LogP contribution is 2.38. The third kappa shape index (κ3) is 4.17. The minimum Gasteiger partial charge on any atom is -0.482 e. The first-order valence-corrected chi connectivity index (χ1v) is 9.28. The van der Waals surface area contributed by atoms with Crippen LogP contribution in [-0.4, -0.2) is 64.5 Å². The molecule has 2 aromatic rings. The zero-order chi connectivity index (χ0) is 20.4. The molecule has 0 amide bonds. The number of nitrogen functional groups attached to an aromatic ring is 2. The van der Waals surface area contributed by atoms with Gasteiger partial charge in [-0.1, -0.05) is 18.2 Å². The van der Waals surface area contributed by atoms with Gasteiger partial charge in [0.15, 0.2) is 12.2 Å². The lowest BCUT2D eigenvalue weighted by atomic mass is 9.97. The maximum atomic E-state index is 10.8. The molecule has 1 spiro atoms. The summed E-state index contributed by atoms with van der Waals surface area (Å²) in [5.41, 5.74) is 12.7. The predicted octanol–water partition coefficient (Wildman–Crippen LogP) is 0.311. The molecule has 10 heteroatoms. The Bertz CT molecular complexity index is 924. The number of carboxylic acids is 1. The smallest absolute Gasteiger partial charge is 0.341 e. The monoisotopic (exact) mass is 401 g/mol. The van der Waals surface area contributed by atoms with E-state index < -0.39 is 11.6 Å². The van der Waals surface area contributed by atoms with E-state index in [0.717, 1.165) is 11.1 Å². The van der Waals surface area contributed by atoms with Gasteiger partial charge in [-0.25, -0.2) is 4.79 Å². The number of carbonyl (C=O) groups is 1. The second-order valence-corrected chi connectivity index (χ2v) is 7.27. The highest BCUT2D eigenvalue weighted by atomic mass is 16.6. The Morgan fingerprint density at radius 1 is 1.31 bits per heavy atom. The number of benzene rings is 1. The fourth-order valence-corrected chi connectivity index (χ4v) is 3.75. The van der Waals surface area contributed by atoms with E-state index >= 15 is 0 Å². The van der Waals surface area contributed by atoms with Crippen molar-refractivity contribution in [3.05, 3.63) is 35.4 Å². The van der Waals surface area contributed by atoms with Gasteiger partial charge in [-0.05, 0) is 6.07 Å². The summed E-state index contributed by atoms with van der Waals surface area (Å²) >= 11 is 0. The molecule has 0 aliphatic carbocycles. The Labute approximate surface area is 167 Å². The standard InChI is InChI=1S/C19H23N5O5/c20-16-13-7-19(29-17(13)23-18(21)22-16)10-24(5-6-27-11-19)8-12-3-1-2-4-14(12)28-9-15(25)26/h1-4H,5-11H2,(H,25,26)(H4,20,21,22,23)/t19-/m0/s1. The summed E-state index contributed by atoms with van der Waals surface area (Å²) in [4.78, 5) is 21.2. The average molecular weight is 401 g/mol. The number of para-hydroxylation sites is 1. The molecule has 0 unspecified atom stereocenters. The quantitative estimate of drug-likeness (QED) is 0.639. The van der Waals surface area contributed by atoms with Crippen LogP contribution < -0.4 is 20.9 Å². The zero-order valence-electron chi connectivity index (χ0n) is 15.8. The van der Waals surface area contributed by atoms with Crippen LogP contribution in [0.25, 0.3) is 0 Å². The molecule has 1 atom stereocenters. The topological polar surface area (TPSA) is 146 Å². The maximum absolute atomic E-state index is 10.8. The fraction of sp³-hybridized carbons (Fsp3) is 0.421. The van der Waals surface area contributed by atoms with Crippen molar-refractivity contribution < 1.29 is 24.1 Å². The summed E-state index contributed by atoms with van der Waals surface area (Å²) < 4.78 is 17.4. The molecule has 0 saturated carbocycles. The zero-order valence-corrected chi connectivity index (χ0v) is 15.8. The molecule has 29 heavy (non-hydrogen) atoms. The Balaban J connectivity index is 1.52. The van der Waals surface area contributed by atoms with Gasteiger partial charge < -0.3 is 30.8 Å². The SMILES string of the molecule is Nc1nc(N)c2c(n1)O[C@@]1(COCCN(Cc3ccccc3OCC(=O)O)C1)C2. The second-order valence-electron chi connectivity index (χ2n) is 7.27. The van der Waals surface area contributed by atoms with Crippen LogP contribution in [-0.2, 0) is 22.5 Å². The van der Waals surface area contributed by atoms with Gasteiger partial charge in [0, 0.05) is 31.6 Å². The van der Waals surface area contributed by atoms with E-state index in [1.165, 1.54) is 0 Å². The Morgan fingerprint density at radius 3 is 2.97 bits per heavy atom. The molecule has 5 N–H and O–H groups in total. The molecular formula is C19H23N5O5. The lowest BCUT2D eigenvalue weighted by Gasteiger charge is -2.31. The first kappa shape index (κ1) is 19.2. The average Bonchev–Trinajstić information content (AvgIpc) is 2.90. The normalized spacial score (nSPS) is 21.4. The van der Waals surface area contributed by atoms with Gasteiger partial charge in [-0.2, -0.15) is 9.97 Å². The molecule has 1 aromatic heterocycles. The molecule has 0 radical (unpaired) electrons. The number of hydrogen-bond donors (Lipinski definition) is 3. The fourth-order valence-electron chi connectivity index (χ4n) is 3.75. The predicted molar refractivity (Wildman–Crippen MR) is 104 cm³/mol. The Morgan fingerprint density at radius 2 is 2.14 bits per heavy atom. The molecule has 3 heterocycles. The number of nitrogens with zero attached hydrogens (tertiary/aromatic N) is 3. The summed E-state index contributed by atoms with van der Waals surface area (Å²) in [6.07, 6.45) is 0.530. The molecule has 154 valence electrons. The number of rotatable bonds is 5. The second kappa shape index (κ2) is 7.72. The molecule has 0 bridgehead atoms. The summed E-state index contributed by atoms with van der Waals surface area (Å²) in [6.45, 7) is 2.39. The van der Waals surface area contributed by atoms with E-state index in [1.54, 1.807) is 6.07 Å². The molecule has 2 aliphatic rings. The lowest BCUT2D eigenvalue weighted by molar-refractivity contribution is -0.139. The van der Waals surface area contributed by atoms with E-state index in [0.29, 0.717) is 56.7 Å². The van der Waals surface area contributed by atoms with Gasteiger partial charge in [0.2, 0.25) is 11.8 Å². The van der Waals surface area contributed by atoms with Gasteiger partial charge in [0.05, 0.1) is 18.8 Å². The molecule has 4 rings (SSSR count). The van der Waals surface area contributed by atoms with E-state index in [2.05, 4.69) is 14.9 Å². The van der Waals surface area contributed by atoms with Crippen LogP contribution in [0, 0.1) is 0 Å². The third-order valence-corrected chi connectivity index (χ3v) is 4.98. The number of anilines is 2. The van der Waals surface area contributed by atoms with E-state index in [4.69, 9.17) is 30.8 Å². The first-order chi connectivity index (χ1) is 13.9. The summed E-state index contributed by atoms with van der Waals surface area (Å²) in [5, 5.41) is 8.89. The van der Waals surface area contributed by atoms with Crippen LogP contribution in [0.4, 0.5) is 11.8 Å². The summed E-state index contributed by atoms with van der Waals surface area (Å²) in [6, 6.07) is 7.40. The molecule has 2 aliphatic heterocycles. The Kier molecular flexibility index (Phi) is 5.12. The van der Waals surface area contributed by atoms with Crippen LogP contribution in [0.15, 0.2) is 24.3 Å². The van der Waals surface area contributed by atoms with Gasteiger partial charge in [0.25, 0.3) is 0 Å². The van der Waals surface area contributed by atoms with Gasteiger partial charge >= 0.3 is 5.97 Å². The van der Waals surface area contributed by atoms with Crippen LogP contribution in [0.5, 0.6) is 11.6 Å². The minimum atomic E-state index is -1.02. The number of aromatic nitrogens is 2. The molecule has 10 nitrogen and oxygen atoms in total. The van der Waals surface area contributed by atoms with Crippen LogP contribution in [0.1, 0.15) is 11.1 Å². The van der Waals surface area contributed by atoms with Crippen molar-refractivity contribution in [1.29, 1.82) is 0 Å². The maximum Gasteiger partial charge on any atom is 0.341 e. The number of hydrogen-bond acceptors (Lipinski definition) is 9. The third-order valence-electron chi connectivity index (χ3n) is 4.98. The van der Waals surface area contributed by atoms with Gasteiger partial charge in [-0.3, -0.25) is 4.90 Å². The van der Waals surface area contributed by atoms with Crippen molar-refractivity contribution in [2.45, 2.75) is 18.6 Å². The number of nitrogens with two attached hydrogens (primary N) is 2. The molecule has 1 fully saturated rings. The van der Waals surface area contributed by atoms with E-state index in [1.807, 2.05) is 18.2 Å². The summed E-state index contributed by atoms with van der Waals surface area (Å²) in [7, 11) is 0. The van der Waals surface area contributed by atoms with E-state index in [9.17, 15) is 4.79 Å². The summed E-state index contributed by atoms with van der Waals surface area (Å²) in [5.74, 6) is 0.345. The number of carboxylic acid groups (broad SMARTS) is 1. The van der Waals surface area contributed by atoms with Gasteiger partial charge in [-0.15, -0.1) is 0 Å². The van der Waals surface area contributed by atoms with Crippen molar-refractivity contribution in [3.8, 4) is 11.6 Å².